The van der Waals surface area contributed by atoms with Gasteiger partial charge in [0.15, 0.2) is 0 Å². The molecule has 2 aromatic rings. The molecule has 0 unspecified atom stereocenters. The molecule has 0 spiro atoms. The predicted molar refractivity (Wildman–Crippen MR) is 111 cm³/mol. The minimum Gasteiger partial charge on any atom is -0.340 e. The standard InChI is InChI=1S/C22H28FN5O2/c1-3-26-10-12-27(13-11-26)21(29)8-9-28(16-18-4-6-19(23)7-5-18)22(30)20-15-24-17(2)14-25-20/h4-7,14-15H,3,8-13,16H2,1-2H3. The molecule has 30 heavy (non-hydrogen) atoms. The number of aryl methyl sites for hydroxylation is 1. The van der Waals surface area contributed by atoms with Crippen LogP contribution >= 0.6 is 0 Å². The van der Waals surface area contributed by atoms with Gasteiger partial charge in [-0.3, -0.25) is 14.6 Å². The van der Waals surface area contributed by atoms with Crippen molar-refractivity contribution in [3.8, 4) is 0 Å². The average Bonchev–Trinajstić information content (AvgIpc) is 2.78. The van der Waals surface area contributed by atoms with E-state index in [1.165, 1.54) is 18.3 Å². The molecule has 1 saturated heterocycles. The van der Waals surface area contributed by atoms with E-state index in [9.17, 15) is 14.0 Å². The Morgan fingerprint density at radius 2 is 1.77 bits per heavy atom. The van der Waals surface area contributed by atoms with Gasteiger partial charge in [0.1, 0.15) is 11.5 Å². The van der Waals surface area contributed by atoms with E-state index in [0.717, 1.165) is 30.9 Å². The Kier molecular flexibility index (Phi) is 7.46. The van der Waals surface area contributed by atoms with Gasteiger partial charge in [-0.05, 0) is 31.2 Å². The van der Waals surface area contributed by atoms with Gasteiger partial charge in [-0.15, -0.1) is 0 Å². The number of hydrogen-bond acceptors (Lipinski definition) is 5. The molecule has 0 atom stereocenters. The van der Waals surface area contributed by atoms with Crippen molar-refractivity contribution in [2.45, 2.75) is 26.8 Å². The van der Waals surface area contributed by atoms with Crippen LogP contribution in [0.1, 0.15) is 35.1 Å². The lowest BCUT2D eigenvalue weighted by Gasteiger charge is -2.34. The third-order valence-corrected chi connectivity index (χ3v) is 5.34. The van der Waals surface area contributed by atoms with E-state index in [-0.39, 0.29) is 42.8 Å². The third-order valence-electron chi connectivity index (χ3n) is 5.34. The van der Waals surface area contributed by atoms with Gasteiger partial charge in [0, 0.05) is 51.9 Å². The molecule has 0 radical (unpaired) electrons. The number of hydrogen-bond donors (Lipinski definition) is 0. The van der Waals surface area contributed by atoms with Crippen LogP contribution in [0.5, 0.6) is 0 Å². The van der Waals surface area contributed by atoms with E-state index in [1.54, 1.807) is 30.2 Å². The highest BCUT2D eigenvalue weighted by Gasteiger charge is 2.23. The van der Waals surface area contributed by atoms with Crippen molar-refractivity contribution < 1.29 is 14.0 Å². The summed E-state index contributed by atoms with van der Waals surface area (Å²) in [6, 6.07) is 6.01. The number of carbonyl (C=O) groups excluding carboxylic acids is 2. The predicted octanol–water partition coefficient (Wildman–Crippen LogP) is 2.12. The van der Waals surface area contributed by atoms with Crippen LogP contribution in [-0.4, -0.2) is 75.8 Å². The van der Waals surface area contributed by atoms with E-state index in [4.69, 9.17) is 0 Å². The lowest BCUT2D eigenvalue weighted by molar-refractivity contribution is -0.133. The molecule has 1 aliphatic rings. The summed E-state index contributed by atoms with van der Waals surface area (Å²) >= 11 is 0. The Bertz CT molecular complexity index is 849. The number of halogens is 1. The molecule has 0 saturated carbocycles. The summed E-state index contributed by atoms with van der Waals surface area (Å²) in [4.78, 5) is 39.8. The molecular weight excluding hydrogens is 385 g/mol. The van der Waals surface area contributed by atoms with Gasteiger partial charge >= 0.3 is 0 Å². The maximum absolute atomic E-state index is 13.2. The number of benzene rings is 1. The van der Waals surface area contributed by atoms with E-state index < -0.39 is 0 Å². The molecule has 7 nitrogen and oxygen atoms in total. The Morgan fingerprint density at radius 1 is 1.07 bits per heavy atom. The molecule has 3 rings (SSSR count). The summed E-state index contributed by atoms with van der Waals surface area (Å²) in [6.07, 6.45) is 3.22. The average molecular weight is 413 g/mol. The zero-order valence-corrected chi connectivity index (χ0v) is 17.6. The fraction of sp³-hybridized carbons (Fsp3) is 0.455. The van der Waals surface area contributed by atoms with E-state index in [2.05, 4.69) is 21.8 Å². The van der Waals surface area contributed by atoms with Gasteiger partial charge in [-0.2, -0.15) is 0 Å². The molecule has 0 aliphatic carbocycles. The Balaban J connectivity index is 1.67. The maximum atomic E-state index is 13.2. The summed E-state index contributed by atoms with van der Waals surface area (Å²) in [5, 5.41) is 0. The molecule has 1 aliphatic heterocycles. The van der Waals surface area contributed by atoms with E-state index >= 15 is 0 Å². The van der Waals surface area contributed by atoms with Crippen LogP contribution in [0.4, 0.5) is 4.39 Å². The number of rotatable bonds is 7. The van der Waals surface area contributed by atoms with Gasteiger partial charge in [0.05, 0.1) is 11.9 Å². The molecule has 160 valence electrons. The number of aromatic nitrogens is 2. The second-order valence-electron chi connectivity index (χ2n) is 7.46. The molecule has 2 heterocycles. The largest absolute Gasteiger partial charge is 0.340 e. The number of carbonyl (C=O) groups is 2. The number of piperazine rings is 1. The third kappa shape index (κ3) is 5.82. The molecule has 1 fully saturated rings. The van der Waals surface area contributed by atoms with Crippen LogP contribution in [0.3, 0.4) is 0 Å². The summed E-state index contributed by atoms with van der Waals surface area (Å²) in [6.45, 7) is 8.60. The minimum absolute atomic E-state index is 0.0395. The molecule has 2 amide bonds. The minimum atomic E-state index is -0.331. The fourth-order valence-corrected chi connectivity index (χ4v) is 3.43. The van der Waals surface area contributed by atoms with Crippen molar-refractivity contribution in [3.05, 3.63) is 59.4 Å². The topological polar surface area (TPSA) is 69.6 Å². The fourth-order valence-electron chi connectivity index (χ4n) is 3.43. The van der Waals surface area contributed by atoms with Crippen LogP contribution in [0.2, 0.25) is 0 Å². The SMILES string of the molecule is CCN1CCN(C(=O)CCN(Cc2ccc(F)cc2)C(=O)c2cnc(C)cn2)CC1. The normalized spacial score (nSPS) is 14.6. The molecule has 1 aromatic carbocycles. The highest BCUT2D eigenvalue weighted by atomic mass is 19.1. The van der Waals surface area contributed by atoms with Crippen molar-refractivity contribution >= 4 is 11.8 Å². The first-order valence-corrected chi connectivity index (χ1v) is 10.3. The van der Waals surface area contributed by atoms with Crippen molar-refractivity contribution in [1.82, 2.24) is 24.7 Å². The van der Waals surface area contributed by atoms with Gasteiger partial charge in [-0.25, -0.2) is 9.37 Å². The van der Waals surface area contributed by atoms with Gasteiger partial charge in [0.25, 0.3) is 5.91 Å². The van der Waals surface area contributed by atoms with Crippen LogP contribution in [-0.2, 0) is 11.3 Å². The molecular formula is C22H28FN5O2. The molecule has 0 N–H and O–H groups in total. The maximum Gasteiger partial charge on any atom is 0.274 e. The Hall–Kier alpha value is -2.87. The summed E-state index contributed by atoms with van der Waals surface area (Å²) in [7, 11) is 0. The van der Waals surface area contributed by atoms with Crippen molar-refractivity contribution in [3.63, 3.8) is 0 Å². The molecule has 1 aromatic heterocycles. The first-order chi connectivity index (χ1) is 14.5. The first-order valence-electron chi connectivity index (χ1n) is 10.3. The van der Waals surface area contributed by atoms with Crippen molar-refractivity contribution in [2.24, 2.45) is 0 Å². The summed E-state index contributed by atoms with van der Waals surface area (Å²) in [5.41, 5.74) is 1.73. The smallest absolute Gasteiger partial charge is 0.274 e. The van der Waals surface area contributed by atoms with Crippen molar-refractivity contribution in [1.29, 1.82) is 0 Å². The van der Waals surface area contributed by atoms with Crippen molar-refractivity contribution in [2.75, 3.05) is 39.3 Å². The summed E-state index contributed by atoms with van der Waals surface area (Å²) in [5.74, 6) is -0.587. The quantitative estimate of drug-likeness (QED) is 0.696. The number of amides is 2. The van der Waals surface area contributed by atoms with E-state index in [0.29, 0.717) is 13.1 Å². The number of nitrogens with zero attached hydrogens (tertiary/aromatic N) is 5. The van der Waals surface area contributed by atoms with Gasteiger partial charge < -0.3 is 14.7 Å². The van der Waals surface area contributed by atoms with Crippen LogP contribution < -0.4 is 0 Å². The Labute approximate surface area is 176 Å². The lowest BCUT2D eigenvalue weighted by atomic mass is 10.2. The molecule has 0 bridgehead atoms. The second kappa shape index (κ2) is 10.2. The zero-order chi connectivity index (χ0) is 21.5. The van der Waals surface area contributed by atoms with E-state index in [1.807, 2.05) is 4.90 Å². The van der Waals surface area contributed by atoms with Gasteiger partial charge in [0.2, 0.25) is 5.91 Å². The summed E-state index contributed by atoms with van der Waals surface area (Å²) < 4.78 is 13.2. The lowest BCUT2D eigenvalue weighted by Crippen LogP contribution is -2.49. The van der Waals surface area contributed by atoms with Crippen LogP contribution in [0, 0.1) is 12.7 Å². The van der Waals surface area contributed by atoms with Crippen LogP contribution in [0.15, 0.2) is 36.7 Å². The van der Waals surface area contributed by atoms with Crippen LogP contribution in [0.25, 0.3) is 0 Å². The monoisotopic (exact) mass is 413 g/mol. The first kappa shape index (κ1) is 21.8. The highest BCUT2D eigenvalue weighted by molar-refractivity contribution is 5.92. The Morgan fingerprint density at radius 3 is 2.37 bits per heavy atom. The number of likely N-dealkylation sites (N-methyl/N-ethyl adjacent to an activating group) is 1. The highest BCUT2D eigenvalue weighted by Crippen LogP contribution is 2.12. The molecule has 8 heteroatoms. The second-order valence-corrected chi connectivity index (χ2v) is 7.46. The van der Waals surface area contributed by atoms with Gasteiger partial charge in [-0.1, -0.05) is 19.1 Å². The zero-order valence-electron chi connectivity index (χ0n) is 17.6.